The molecule has 0 bridgehead atoms. The van der Waals surface area contributed by atoms with E-state index in [0.717, 1.165) is 23.1 Å². The van der Waals surface area contributed by atoms with Gasteiger partial charge in [-0.1, -0.05) is 0 Å². The molecule has 29 heavy (non-hydrogen) atoms. The smallest absolute Gasteiger partial charge is 0.316 e. The molecule has 0 spiro atoms. The Morgan fingerprint density at radius 1 is 1.17 bits per heavy atom. The zero-order chi connectivity index (χ0) is 20.9. The lowest BCUT2D eigenvalue weighted by Gasteiger charge is -2.33. The van der Waals surface area contributed by atoms with Crippen molar-refractivity contribution in [2.45, 2.75) is 18.9 Å². The largest absolute Gasteiger partial charge is 0.481 e. The summed E-state index contributed by atoms with van der Waals surface area (Å²) in [5, 5.41) is 9.40. The van der Waals surface area contributed by atoms with Gasteiger partial charge in [-0.2, -0.15) is 0 Å². The number of anilines is 3. The van der Waals surface area contributed by atoms with Gasteiger partial charge in [0.05, 0.1) is 5.69 Å². The first kappa shape index (κ1) is 19.2. The second-order valence-electron chi connectivity index (χ2n) is 7.14. The minimum Gasteiger partial charge on any atom is -0.481 e. The second kappa shape index (κ2) is 7.03. The van der Waals surface area contributed by atoms with Gasteiger partial charge in [0, 0.05) is 25.2 Å². The van der Waals surface area contributed by atoms with Crippen molar-refractivity contribution in [3.8, 4) is 0 Å². The topological polar surface area (TPSA) is 99.8 Å². The summed E-state index contributed by atoms with van der Waals surface area (Å²) in [6.07, 6.45) is 0.348. The van der Waals surface area contributed by atoms with Gasteiger partial charge in [-0.3, -0.25) is 14.5 Å². The van der Waals surface area contributed by atoms with Crippen LogP contribution in [0, 0.1) is 23.4 Å². The number of benzene rings is 1. The molecule has 2 aliphatic heterocycles. The van der Waals surface area contributed by atoms with Crippen molar-refractivity contribution in [2.75, 3.05) is 22.9 Å². The normalized spacial score (nSPS) is 21.4. The highest BCUT2D eigenvalue weighted by Crippen LogP contribution is 2.39. The van der Waals surface area contributed by atoms with Crippen LogP contribution in [0.3, 0.4) is 0 Å². The van der Waals surface area contributed by atoms with E-state index in [9.17, 15) is 27.9 Å². The fraction of sp³-hybridized carbons (Fsp3) is 0.316. The Hall–Kier alpha value is -3.14. The number of nitrogens with zero attached hydrogens (tertiary/aromatic N) is 3. The van der Waals surface area contributed by atoms with Crippen LogP contribution in [0.15, 0.2) is 24.3 Å². The fourth-order valence-corrected chi connectivity index (χ4v) is 3.71. The van der Waals surface area contributed by atoms with Gasteiger partial charge in [0.2, 0.25) is 5.91 Å². The van der Waals surface area contributed by atoms with E-state index in [1.807, 2.05) is 0 Å². The minimum atomic E-state index is -1.54. The standard InChI is InChI=1S/C19H17F3N4O3/c20-10-1-2-15(13(21)7-10)26-16-9(5-12(18(26)27)19(28)29)6-14(22)17(24-16)25-4-3-11(23)8-25/h1-2,6-7,11-12H,3-5,8,23H2,(H,28,29). The maximum absolute atomic E-state index is 14.7. The molecule has 0 aliphatic carbocycles. The van der Waals surface area contributed by atoms with Gasteiger partial charge >= 0.3 is 5.97 Å². The number of carboxylic acid groups (broad SMARTS) is 1. The Labute approximate surface area is 163 Å². The number of pyridine rings is 1. The number of amides is 1. The molecule has 152 valence electrons. The summed E-state index contributed by atoms with van der Waals surface area (Å²) in [4.78, 5) is 31.0. The van der Waals surface area contributed by atoms with Gasteiger partial charge in [0.1, 0.15) is 23.4 Å². The van der Waals surface area contributed by atoms with Crippen molar-refractivity contribution < 1.29 is 27.9 Å². The van der Waals surface area contributed by atoms with E-state index >= 15 is 0 Å². The van der Waals surface area contributed by atoms with E-state index in [2.05, 4.69) is 4.98 Å². The maximum atomic E-state index is 14.7. The van der Waals surface area contributed by atoms with Gasteiger partial charge in [-0.25, -0.2) is 18.2 Å². The Morgan fingerprint density at radius 3 is 2.55 bits per heavy atom. The van der Waals surface area contributed by atoms with Crippen molar-refractivity contribution in [1.82, 2.24) is 4.98 Å². The average Bonchev–Trinajstić information content (AvgIpc) is 3.08. The van der Waals surface area contributed by atoms with Crippen LogP contribution in [-0.2, 0) is 16.0 Å². The van der Waals surface area contributed by atoms with Gasteiger partial charge in [0.25, 0.3) is 0 Å². The molecule has 2 unspecified atom stereocenters. The summed E-state index contributed by atoms with van der Waals surface area (Å²) in [6.45, 7) is 0.819. The Balaban J connectivity index is 1.88. The number of aliphatic carboxylic acids is 1. The maximum Gasteiger partial charge on any atom is 0.316 e. The predicted octanol–water partition coefficient (Wildman–Crippen LogP) is 1.96. The fourth-order valence-electron chi connectivity index (χ4n) is 3.71. The highest BCUT2D eigenvalue weighted by molar-refractivity contribution is 6.11. The molecule has 1 amide bonds. The number of hydrogen-bond acceptors (Lipinski definition) is 5. The van der Waals surface area contributed by atoms with Gasteiger partial charge in [-0.05, 0) is 36.6 Å². The number of aromatic nitrogens is 1. The summed E-state index contributed by atoms with van der Waals surface area (Å²) in [5.74, 6) is -6.63. The third-order valence-corrected chi connectivity index (χ3v) is 5.14. The third-order valence-electron chi connectivity index (χ3n) is 5.14. The molecule has 2 aliphatic rings. The first-order valence-corrected chi connectivity index (χ1v) is 8.98. The van der Waals surface area contributed by atoms with Crippen LogP contribution in [0.4, 0.5) is 30.5 Å². The van der Waals surface area contributed by atoms with E-state index in [1.54, 1.807) is 4.90 Å². The number of carbonyl (C=O) groups is 2. The van der Waals surface area contributed by atoms with Gasteiger partial charge in [0.15, 0.2) is 11.6 Å². The summed E-state index contributed by atoms with van der Waals surface area (Å²) >= 11 is 0. The van der Waals surface area contributed by atoms with E-state index in [0.29, 0.717) is 25.6 Å². The lowest BCUT2D eigenvalue weighted by Crippen LogP contribution is -2.43. The molecule has 10 heteroatoms. The number of carbonyl (C=O) groups excluding carboxylic acids is 1. The molecular formula is C19H17F3N4O3. The molecule has 0 radical (unpaired) electrons. The summed E-state index contributed by atoms with van der Waals surface area (Å²) in [5.41, 5.74) is 5.66. The van der Waals surface area contributed by atoms with E-state index in [1.165, 1.54) is 0 Å². The molecule has 1 aromatic carbocycles. The Bertz CT molecular complexity index is 1020. The van der Waals surface area contributed by atoms with Crippen molar-refractivity contribution in [1.29, 1.82) is 0 Å². The van der Waals surface area contributed by atoms with Crippen LogP contribution in [0.5, 0.6) is 0 Å². The van der Waals surface area contributed by atoms with Crippen LogP contribution in [0.2, 0.25) is 0 Å². The quantitative estimate of drug-likeness (QED) is 0.756. The minimum absolute atomic E-state index is 0.0502. The average molecular weight is 406 g/mol. The molecule has 2 aromatic rings. The summed E-state index contributed by atoms with van der Waals surface area (Å²) < 4.78 is 42.5. The van der Waals surface area contributed by atoms with E-state index < -0.39 is 35.2 Å². The van der Waals surface area contributed by atoms with Crippen molar-refractivity contribution in [3.63, 3.8) is 0 Å². The van der Waals surface area contributed by atoms with E-state index in [-0.39, 0.29) is 35.3 Å². The molecule has 4 rings (SSSR count). The van der Waals surface area contributed by atoms with Crippen LogP contribution < -0.4 is 15.5 Å². The zero-order valence-corrected chi connectivity index (χ0v) is 15.1. The van der Waals surface area contributed by atoms with Crippen molar-refractivity contribution in [2.24, 2.45) is 11.7 Å². The lowest BCUT2D eigenvalue weighted by molar-refractivity contribution is -0.146. The molecule has 1 aromatic heterocycles. The van der Waals surface area contributed by atoms with Crippen LogP contribution >= 0.6 is 0 Å². The summed E-state index contributed by atoms with van der Waals surface area (Å²) in [6, 6.07) is 3.50. The van der Waals surface area contributed by atoms with E-state index in [4.69, 9.17) is 5.73 Å². The van der Waals surface area contributed by atoms with Crippen LogP contribution in [0.1, 0.15) is 12.0 Å². The van der Waals surface area contributed by atoms with Crippen LogP contribution in [-0.4, -0.2) is 41.1 Å². The summed E-state index contributed by atoms with van der Waals surface area (Å²) in [7, 11) is 0. The highest BCUT2D eigenvalue weighted by atomic mass is 19.1. The monoisotopic (exact) mass is 406 g/mol. The number of carboxylic acids is 1. The number of hydrogen-bond donors (Lipinski definition) is 2. The predicted molar refractivity (Wildman–Crippen MR) is 97.3 cm³/mol. The first-order chi connectivity index (χ1) is 13.8. The SMILES string of the molecule is NC1CCN(c2nc3c(cc2F)CC(C(=O)O)C(=O)N3c2ccc(F)cc2F)C1. The van der Waals surface area contributed by atoms with Crippen molar-refractivity contribution >= 4 is 29.2 Å². The van der Waals surface area contributed by atoms with Crippen LogP contribution in [0.25, 0.3) is 0 Å². The molecule has 0 saturated carbocycles. The van der Waals surface area contributed by atoms with Gasteiger partial charge in [-0.15, -0.1) is 0 Å². The molecule has 7 nitrogen and oxygen atoms in total. The van der Waals surface area contributed by atoms with Gasteiger partial charge < -0.3 is 15.7 Å². The van der Waals surface area contributed by atoms with Crippen molar-refractivity contribution in [3.05, 3.63) is 47.3 Å². The molecule has 1 fully saturated rings. The second-order valence-corrected chi connectivity index (χ2v) is 7.14. The number of nitrogens with two attached hydrogens (primary N) is 1. The third kappa shape index (κ3) is 3.29. The molecule has 3 heterocycles. The molecule has 2 atom stereocenters. The zero-order valence-electron chi connectivity index (χ0n) is 15.1. The molecule has 3 N–H and O–H groups in total. The number of fused-ring (bicyclic) bond motifs is 1. The number of rotatable bonds is 3. The molecular weight excluding hydrogens is 389 g/mol. The highest BCUT2D eigenvalue weighted by Gasteiger charge is 2.41. The Kier molecular flexibility index (Phi) is 4.65. The molecule has 1 saturated heterocycles. The Morgan fingerprint density at radius 2 is 1.93 bits per heavy atom. The lowest BCUT2D eigenvalue weighted by atomic mass is 9.93. The number of halogens is 3. The first-order valence-electron chi connectivity index (χ1n) is 8.98.